The maximum Gasteiger partial charge on any atom is 0.162 e. The SMILES string of the molecule is COc1ccc(OCc2nc(CCN)n[nH]2)cc1. The van der Waals surface area contributed by atoms with Crippen molar-refractivity contribution in [1.29, 1.82) is 0 Å². The smallest absolute Gasteiger partial charge is 0.162 e. The summed E-state index contributed by atoms with van der Waals surface area (Å²) in [6, 6.07) is 7.37. The maximum absolute atomic E-state index is 5.56. The number of methoxy groups -OCH3 is 1. The minimum Gasteiger partial charge on any atom is -0.497 e. The van der Waals surface area contributed by atoms with Gasteiger partial charge in [0.05, 0.1) is 7.11 Å². The monoisotopic (exact) mass is 248 g/mol. The molecule has 96 valence electrons. The zero-order chi connectivity index (χ0) is 12.8. The molecule has 0 amide bonds. The lowest BCUT2D eigenvalue weighted by Gasteiger charge is -2.04. The van der Waals surface area contributed by atoms with Crippen LogP contribution in [0.5, 0.6) is 11.5 Å². The minimum absolute atomic E-state index is 0.351. The third-order valence-electron chi connectivity index (χ3n) is 2.38. The van der Waals surface area contributed by atoms with E-state index in [9.17, 15) is 0 Å². The predicted octanol–water partition coefficient (Wildman–Crippen LogP) is 0.893. The summed E-state index contributed by atoms with van der Waals surface area (Å²) in [4.78, 5) is 4.25. The van der Waals surface area contributed by atoms with Gasteiger partial charge in [-0.15, -0.1) is 0 Å². The van der Waals surface area contributed by atoms with Crippen molar-refractivity contribution < 1.29 is 9.47 Å². The Morgan fingerprint density at radius 3 is 2.61 bits per heavy atom. The van der Waals surface area contributed by atoms with Crippen molar-refractivity contribution in [3.05, 3.63) is 35.9 Å². The van der Waals surface area contributed by atoms with Crippen molar-refractivity contribution >= 4 is 0 Å². The van der Waals surface area contributed by atoms with Crippen molar-refractivity contribution in [3.63, 3.8) is 0 Å². The summed E-state index contributed by atoms with van der Waals surface area (Å²) in [5, 5.41) is 6.85. The Morgan fingerprint density at radius 2 is 1.94 bits per heavy atom. The number of nitrogens with one attached hydrogen (secondary N) is 1. The number of H-pyrrole nitrogens is 1. The van der Waals surface area contributed by atoms with Crippen molar-refractivity contribution in [2.45, 2.75) is 13.0 Å². The molecule has 6 nitrogen and oxygen atoms in total. The summed E-state index contributed by atoms with van der Waals surface area (Å²) in [7, 11) is 1.63. The van der Waals surface area contributed by atoms with Gasteiger partial charge in [-0.2, -0.15) is 5.10 Å². The van der Waals surface area contributed by atoms with Crippen LogP contribution in [0, 0.1) is 0 Å². The molecule has 0 radical (unpaired) electrons. The number of hydrogen-bond donors (Lipinski definition) is 2. The lowest BCUT2D eigenvalue weighted by Crippen LogP contribution is -2.04. The van der Waals surface area contributed by atoms with Crippen LogP contribution in [0.4, 0.5) is 0 Å². The molecule has 0 bridgehead atoms. The Balaban J connectivity index is 1.89. The van der Waals surface area contributed by atoms with E-state index in [1.807, 2.05) is 24.3 Å². The van der Waals surface area contributed by atoms with Gasteiger partial charge < -0.3 is 15.2 Å². The van der Waals surface area contributed by atoms with Crippen molar-refractivity contribution in [2.75, 3.05) is 13.7 Å². The number of benzene rings is 1. The van der Waals surface area contributed by atoms with Crippen LogP contribution in [0.15, 0.2) is 24.3 Å². The Labute approximate surface area is 105 Å². The fraction of sp³-hybridized carbons (Fsp3) is 0.333. The third kappa shape index (κ3) is 3.21. The van der Waals surface area contributed by atoms with E-state index < -0.39 is 0 Å². The minimum atomic E-state index is 0.351. The molecule has 0 spiro atoms. The highest BCUT2D eigenvalue weighted by Crippen LogP contribution is 2.17. The number of aromatic amines is 1. The molecule has 0 saturated heterocycles. The summed E-state index contributed by atoms with van der Waals surface area (Å²) >= 11 is 0. The van der Waals surface area contributed by atoms with Gasteiger partial charge in [-0.25, -0.2) is 4.98 Å². The second-order valence-electron chi connectivity index (χ2n) is 3.70. The molecule has 0 atom stereocenters. The van der Waals surface area contributed by atoms with Gasteiger partial charge in [0.1, 0.15) is 18.1 Å². The Kier molecular flexibility index (Phi) is 4.14. The number of rotatable bonds is 6. The second-order valence-corrected chi connectivity index (χ2v) is 3.70. The summed E-state index contributed by atoms with van der Waals surface area (Å²) in [6.07, 6.45) is 0.666. The molecule has 1 aromatic heterocycles. The van der Waals surface area contributed by atoms with Crippen LogP contribution in [-0.4, -0.2) is 28.8 Å². The first-order chi connectivity index (χ1) is 8.81. The zero-order valence-corrected chi connectivity index (χ0v) is 10.2. The summed E-state index contributed by atoms with van der Waals surface area (Å²) in [5.74, 6) is 2.96. The van der Waals surface area contributed by atoms with Crippen LogP contribution in [0.25, 0.3) is 0 Å². The fourth-order valence-electron chi connectivity index (χ4n) is 1.46. The molecule has 2 rings (SSSR count). The van der Waals surface area contributed by atoms with Gasteiger partial charge in [-0.1, -0.05) is 0 Å². The maximum atomic E-state index is 5.56. The number of hydrogen-bond acceptors (Lipinski definition) is 5. The van der Waals surface area contributed by atoms with E-state index in [-0.39, 0.29) is 0 Å². The molecule has 0 aliphatic carbocycles. The van der Waals surface area contributed by atoms with Gasteiger partial charge in [0.25, 0.3) is 0 Å². The van der Waals surface area contributed by atoms with Crippen LogP contribution in [0.2, 0.25) is 0 Å². The van der Waals surface area contributed by atoms with E-state index in [0.29, 0.717) is 31.2 Å². The number of aromatic nitrogens is 3. The average molecular weight is 248 g/mol. The summed E-state index contributed by atoms with van der Waals surface area (Å²) in [5.41, 5.74) is 5.43. The molecular weight excluding hydrogens is 232 g/mol. The number of nitrogens with two attached hydrogens (primary N) is 1. The molecule has 0 saturated carbocycles. The predicted molar refractivity (Wildman–Crippen MR) is 66.5 cm³/mol. The molecule has 1 heterocycles. The van der Waals surface area contributed by atoms with E-state index in [2.05, 4.69) is 15.2 Å². The first-order valence-electron chi connectivity index (χ1n) is 5.69. The van der Waals surface area contributed by atoms with Crippen molar-refractivity contribution in [1.82, 2.24) is 15.2 Å². The first kappa shape index (κ1) is 12.4. The highest BCUT2D eigenvalue weighted by Gasteiger charge is 2.03. The fourth-order valence-corrected chi connectivity index (χ4v) is 1.46. The standard InChI is InChI=1S/C12H16N4O2/c1-17-9-2-4-10(5-3-9)18-8-12-14-11(6-7-13)15-16-12/h2-5H,6-8,13H2,1H3,(H,14,15,16). The molecule has 2 aromatic rings. The largest absolute Gasteiger partial charge is 0.497 e. The average Bonchev–Trinajstić information content (AvgIpc) is 2.85. The van der Waals surface area contributed by atoms with Gasteiger partial charge in [0, 0.05) is 6.42 Å². The van der Waals surface area contributed by atoms with E-state index in [0.717, 1.165) is 11.5 Å². The highest BCUT2D eigenvalue weighted by molar-refractivity contribution is 5.31. The van der Waals surface area contributed by atoms with E-state index in [1.54, 1.807) is 7.11 Å². The molecule has 1 aromatic carbocycles. The normalized spacial score (nSPS) is 10.3. The van der Waals surface area contributed by atoms with Crippen LogP contribution in [0.1, 0.15) is 11.6 Å². The van der Waals surface area contributed by atoms with Crippen LogP contribution in [-0.2, 0) is 13.0 Å². The molecule has 6 heteroatoms. The van der Waals surface area contributed by atoms with Gasteiger partial charge in [0.2, 0.25) is 0 Å². The van der Waals surface area contributed by atoms with Crippen LogP contribution in [0.3, 0.4) is 0 Å². The van der Waals surface area contributed by atoms with Gasteiger partial charge >= 0.3 is 0 Å². The van der Waals surface area contributed by atoms with E-state index >= 15 is 0 Å². The molecule has 0 aliphatic heterocycles. The van der Waals surface area contributed by atoms with Gasteiger partial charge in [-0.05, 0) is 30.8 Å². The Hall–Kier alpha value is -2.08. The topological polar surface area (TPSA) is 86.1 Å². The van der Waals surface area contributed by atoms with Gasteiger partial charge in [0.15, 0.2) is 11.6 Å². The molecular formula is C12H16N4O2. The van der Waals surface area contributed by atoms with Crippen molar-refractivity contribution in [3.8, 4) is 11.5 Å². The van der Waals surface area contributed by atoms with E-state index in [1.165, 1.54) is 0 Å². The molecule has 0 unspecified atom stereocenters. The van der Waals surface area contributed by atoms with Crippen LogP contribution < -0.4 is 15.2 Å². The molecule has 0 aliphatic rings. The second kappa shape index (κ2) is 6.02. The molecule has 3 N–H and O–H groups in total. The number of nitrogens with zero attached hydrogens (tertiary/aromatic N) is 2. The quantitative estimate of drug-likeness (QED) is 0.793. The summed E-state index contributed by atoms with van der Waals surface area (Å²) < 4.78 is 10.6. The van der Waals surface area contributed by atoms with Crippen molar-refractivity contribution in [2.24, 2.45) is 5.73 Å². The lowest BCUT2D eigenvalue weighted by molar-refractivity contribution is 0.295. The Morgan fingerprint density at radius 1 is 1.22 bits per heavy atom. The molecule has 0 fully saturated rings. The van der Waals surface area contributed by atoms with E-state index in [4.69, 9.17) is 15.2 Å². The third-order valence-corrected chi connectivity index (χ3v) is 2.38. The Bertz CT molecular complexity index is 481. The number of ether oxygens (including phenoxy) is 2. The summed E-state index contributed by atoms with van der Waals surface area (Å²) in [6.45, 7) is 0.889. The highest BCUT2D eigenvalue weighted by atomic mass is 16.5. The van der Waals surface area contributed by atoms with Crippen LogP contribution >= 0.6 is 0 Å². The lowest BCUT2D eigenvalue weighted by atomic mass is 10.3. The first-order valence-corrected chi connectivity index (χ1v) is 5.69. The zero-order valence-electron chi connectivity index (χ0n) is 10.2. The van der Waals surface area contributed by atoms with Gasteiger partial charge in [-0.3, -0.25) is 5.10 Å². The molecule has 18 heavy (non-hydrogen) atoms.